The Kier molecular flexibility index (Phi) is 4.63. The summed E-state index contributed by atoms with van der Waals surface area (Å²) in [7, 11) is -3.71. The van der Waals surface area contributed by atoms with E-state index in [-0.39, 0.29) is 22.4 Å². The first-order valence-corrected chi connectivity index (χ1v) is 11.1. The fourth-order valence-electron chi connectivity index (χ4n) is 4.13. The third kappa shape index (κ3) is 3.51. The van der Waals surface area contributed by atoms with E-state index in [1.54, 1.807) is 12.1 Å². The average molecular weight is 446 g/mol. The van der Waals surface area contributed by atoms with Crippen molar-refractivity contribution in [1.29, 1.82) is 0 Å². The van der Waals surface area contributed by atoms with E-state index in [1.807, 2.05) is 0 Å². The summed E-state index contributed by atoms with van der Waals surface area (Å²) in [6, 6.07) is 7.47. The quantitative estimate of drug-likeness (QED) is 0.429. The van der Waals surface area contributed by atoms with Crippen molar-refractivity contribution in [2.75, 3.05) is 0 Å². The number of sulfonamides is 1. The van der Waals surface area contributed by atoms with Gasteiger partial charge in [-0.3, -0.25) is 5.10 Å². The summed E-state index contributed by atoms with van der Waals surface area (Å²) >= 11 is 0. The first-order valence-electron chi connectivity index (χ1n) is 9.59. The maximum absolute atomic E-state index is 14.4. The van der Waals surface area contributed by atoms with Crippen LogP contribution in [0.2, 0.25) is 0 Å². The summed E-state index contributed by atoms with van der Waals surface area (Å²) in [6.07, 6.45) is 3.42. The maximum atomic E-state index is 14.4. The Hall–Kier alpha value is -3.11. The molecule has 160 valence electrons. The molecule has 1 saturated carbocycles. The molecular weight excluding hydrogens is 429 g/mol. The van der Waals surface area contributed by atoms with Crippen molar-refractivity contribution in [1.82, 2.24) is 19.9 Å². The minimum absolute atomic E-state index is 0.0409. The van der Waals surface area contributed by atoms with Gasteiger partial charge in [0, 0.05) is 23.7 Å². The summed E-state index contributed by atoms with van der Waals surface area (Å²) < 4.78 is 69.2. The van der Waals surface area contributed by atoms with Crippen molar-refractivity contribution in [3.05, 3.63) is 71.8 Å². The molecule has 0 aliphatic heterocycles. The molecule has 0 spiro atoms. The maximum Gasteiger partial charge on any atom is 0.243 e. The van der Waals surface area contributed by atoms with Gasteiger partial charge < -0.3 is 4.98 Å². The van der Waals surface area contributed by atoms with Gasteiger partial charge in [0.15, 0.2) is 0 Å². The molecule has 0 amide bonds. The van der Waals surface area contributed by atoms with Crippen LogP contribution >= 0.6 is 0 Å². The van der Waals surface area contributed by atoms with Crippen LogP contribution < -0.4 is 4.72 Å². The molecule has 5 rings (SSSR count). The van der Waals surface area contributed by atoms with Gasteiger partial charge >= 0.3 is 0 Å². The van der Waals surface area contributed by atoms with Gasteiger partial charge in [-0.05, 0) is 60.2 Å². The molecule has 0 bridgehead atoms. The van der Waals surface area contributed by atoms with E-state index in [0.717, 1.165) is 6.07 Å². The number of H-pyrrole nitrogens is 2. The Balaban J connectivity index is 1.49. The molecule has 0 radical (unpaired) electrons. The summed E-state index contributed by atoms with van der Waals surface area (Å²) in [5.41, 5.74) is 2.06. The highest BCUT2D eigenvalue weighted by atomic mass is 32.2. The monoisotopic (exact) mass is 446 g/mol. The van der Waals surface area contributed by atoms with Crippen LogP contribution in [0.15, 0.2) is 53.7 Å². The fourth-order valence-corrected chi connectivity index (χ4v) is 5.30. The Morgan fingerprint density at radius 3 is 2.45 bits per heavy atom. The second kappa shape index (κ2) is 7.24. The molecule has 31 heavy (non-hydrogen) atoms. The van der Waals surface area contributed by atoms with Gasteiger partial charge in [0.1, 0.15) is 22.3 Å². The van der Waals surface area contributed by atoms with Gasteiger partial charge in [-0.15, -0.1) is 0 Å². The van der Waals surface area contributed by atoms with Crippen molar-refractivity contribution in [2.24, 2.45) is 0 Å². The van der Waals surface area contributed by atoms with Crippen LogP contribution in [0.25, 0.3) is 22.2 Å². The molecule has 6 nitrogen and oxygen atoms in total. The molecule has 0 unspecified atom stereocenters. The highest BCUT2D eigenvalue weighted by Crippen LogP contribution is 2.46. The third-order valence-electron chi connectivity index (χ3n) is 5.65. The number of hydrogen-bond acceptors (Lipinski definition) is 3. The molecule has 2 aromatic carbocycles. The smallest absolute Gasteiger partial charge is 0.243 e. The van der Waals surface area contributed by atoms with Gasteiger partial charge in [-0.2, -0.15) is 5.10 Å². The zero-order valence-electron chi connectivity index (χ0n) is 16.0. The number of aromatic amines is 2. The molecule has 10 heteroatoms. The van der Waals surface area contributed by atoms with Gasteiger partial charge in [0.25, 0.3) is 0 Å². The Morgan fingerprint density at radius 2 is 1.77 bits per heavy atom. The minimum atomic E-state index is -3.71. The lowest BCUT2D eigenvalue weighted by atomic mass is 9.74. The molecule has 0 atom stereocenters. The van der Waals surface area contributed by atoms with Crippen LogP contribution in [0.4, 0.5) is 13.2 Å². The number of benzene rings is 2. The Labute approximate surface area is 175 Å². The predicted octanol–water partition coefficient (Wildman–Crippen LogP) is 4.20. The predicted molar refractivity (Wildman–Crippen MR) is 108 cm³/mol. The molecule has 3 N–H and O–H groups in total. The van der Waals surface area contributed by atoms with Gasteiger partial charge in [0.2, 0.25) is 10.0 Å². The molecule has 4 aromatic rings. The lowest BCUT2D eigenvalue weighted by Gasteiger charge is -2.36. The lowest BCUT2D eigenvalue weighted by molar-refractivity contribution is 0.328. The molecule has 0 saturated heterocycles. The summed E-state index contributed by atoms with van der Waals surface area (Å²) in [5, 5.41) is 6.52. The van der Waals surface area contributed by atoms with Crippen molar-refractivity contribution in [2.45, 2.75) is 29.7 Å². The van der Waals surface area contributed by atoms with E-state index >= 15 is 0 Å². The number of nitrogens with zero attached hydrogens (tertiary/aromatic N) is 1. The topological polar surface area (TPSA) is 90.6 Å². The zero-order chi connectivity index (χ0) is 21.8. The molecule has 2 aromatic heterocycles. The number of fused-ring (bicyclic) bond motifs is 1. The molecule has 2 heterocycles. The van der Waals surface area contributed by atoms with Crippen LogP contribution in [0, 0.1) is 17.5 Å². The highest BCUT2D eigenvalue weighted by Gasteiger charge is 2.37. The first-order chi connectivity index (χ1) is 14.8. The van der Waals surface area contributed by atoms with Crippen LogP contribution in [0.5, 0.6) is 0 Å². The highest BCUT2D eigenvalue weighted by molar-refractivity contribution is 7.89. The normalized spacial score (nSPS) is 18.9. The standard InChI is InChI=1S/C21H17F3N4O2S/c22-13-3-1-11(2-4-13)20-19(17-7-14(23)8-18(24)21(17)27-20)12-5-15(6-12)28-31(29,30)16-9-25-26-10-16/h1-4,7-10,12,15,27-28H,5-6H2,(H,25,26)/t12-,15+. The largest absolute Gasteiger partial charge is 0.352 e. The number of halogens is 3. The Bertz CT molecular complexity index is 1360. The minimum Gasteiger partial charge on any atom is -0.352 e. The van der Waals surface area contributed by atoms with E-state index < -0.39 is 27.5 Å². The Morgan fingerprint density at radius 1 is 1.03 bits per heavy atom. The fraction of sp³-hybridized carbons (Fsp3) is 0.190. The molecule has 1 aliphatic carbocycles. The molecular formula is C21H17F3N4O2S. The first kappa shape index (κ1) is 19.8. The van der Waals surface area contributed by atoms with Crippen molar-refractivity contribution in [3.63, 3.8) is 0 Å². The van der Waals surface area contributed by atoms with E-state index in [2.05, 4.69) is 19.9 Å². The zero-order valence-corrected chi connectivity index (χ0v) is 16.8. The van der Waals surface area contributed by atoms with Crippen molar-refractivity contribution in [3.8, 4) is 11.3 Å². The number of hydrogen-bond donors (Lipinski definition) is 3. The van der Waals surface area contributed by atoms with Crippen molar-refractivity contribution < 1.29 is 21.6 Å². The van der Waals surface area contributed by atoms with E-state index in [0.29, 0.717) is 35.0 Å². The van der Waals surface area contributed by atoms with Crippen molar-refractivity contribution >= 4 is 20.9 Å². The van der Waals surface area contributed by atoms with E-state index in [4.69, 9.17) is 0 Å². The van der Waals surface area contributed by atoms with Crippen LogP contribution in [0.3, 0.4) is 0 Å². The second-order valence-electron chi connectivity index (χ2n) is 7.65. The van der Waals surface area contributed by atoms with Crippen LogP contribution in [-0.4, -0.2) is 29.6 Å². The number of aromatic nitrogens is 3. The van der Waals surface area contributed by atoms with Gasteiger partial charge in [-0.1, -0.05) is 0 Å². The van der Waals surface area contributed by atoms with Crippen LogP contribution in [-0.2, 0) is 10.0 Å². The number of nitrogens with one attached hydrogen (secondary N) is 3. The number of rotatable bonds is 5. The van der Waals surface area contributed by atoms with E-state index in [9.17, 15) is 21.6 Å². The van der Waals surface area contributed by atoms with Gasteiger partial charge in [-0.25, -0.2) is 26.3 Å². The SMILES string of the molecule is O=S(=O)(N[C@H]1C[C@@H](c2c(-c3ccc(F)cc3)[nH]c3c(F)cc(F)cc32)C1)c1cn[nH]c1. The summed E-state index contributed by atoms with van der Waals surface area (Å²) in [6.45, 7) is 0. The third-order valence-corrected chi connectivity index (χ3v) is 7.14. The summed E-state index contributed by atoms with van der Waals surface area (Å²) in [5.74, 6) is -1.96. The lowest BCUT2D eigenvalue weighted by Crippen LogP contribution is -2.43. The van der Waals surface area contributed by atoms with Gasteiger partial charge in [0.05, 0.1) is 17.4 Å². The van der Waals surface area contributed by atoms with E-state index in [1.165, 1.54) is 30.6 Å². The van der Waals surface area contributed by atoms with Crippen LogP contribution in [0.1, 0.15) is 24.3 Å². The average Bonchev–Trinajstić information content (AvgIpc) is 3.34. The second-order valence-corrected chi connectivity index (χ2v) is 9.37. The molecule has 1 aliphatic rings. The summed E-state index contributed by atoms with van der Waals surface area (Å²) in [4.78, 5) is 3.06. The molecule has 1 fully saturated rings.